The van der Waals surface area contributed by atoms with E-state index >= 15 is 0 Å². The second kappa shape index (κ2) is 5.08. The van der Waals surface area contributed by atoms with Crippen LogP contribution in [0.5, 0.6) is 0 Å². The van der Waals surface area contributed by atoms with E-state index in [0.717, 1.165) is 10.2 Å². The fourth-order valence-corrected chi connectivity index (χ4v) is 3.03. The van der Waals surface area contributed by atoms with Gasteiger partial charge in [-0.1, -0.05) is 13.3 Å². The number of hydrogen-bond acceptors (Lipinski definition) is 1. The number of nitrogens with zero attached hydrogens (tertiary/aromatic N) is 1. The largest absolute Gasteiger partial charge is 0.478 e. The number of carboxylic acid groups (broad SMARTS) is 1. The summed E-state index contributed by atoms with van der Waals surface area (Å²) in [4.78, 5) is 10.6. The highest BCUT2D eigenvalue weighted by atomic mass is 79.9. The van der Waals surface area contributed by atoms with Gasteiger partial charge in [0.2, 0.25) is 0 Å². The van der Waals surface area contributed by atoms with E-state index in [1.54, 1.807) is 6.08 Å². The van der Waals surface area contributed by atoms with Gasteiger partial charge in [0.25, 0.3) is 0 Å². The molecule has 1 heterocycles. The molecular weight excluding hydrogens is 282 g/mol. The Morgan fingerprint density at radius 1 is 1.59 bits per heavy atom. The molecule has 2 rings (SSSR count). The fraction of sp³-hybridized carbons (Fsp3) is 0.462. The standard InChI is InChI=1S/C13H16BrNO2/c1-9-3-2-4-12(9)15-8-10(14)7-11(15)5-6-13(16)17/h5-9,12H,2-4H2,1H3,(H,16,17)/b6-5+. The fourth-order valence-electron chi connectivity index (χ4n) is 2.58. The first kappa shape index (κ1) is 12.4. The van der Waals surface area contributed by atoms with E-state index in [1.807, 2.05) is 12.3 Å². The van der Waals surface area contributed by atoms with Gasteiger partial charge in [0.05, 0.1) is 0 Å². The lowest BCUT2D eigenvalue weighted by Gasteiger charge is -2.19. The first-order valence-corrected chi connectivity index (χ1v) is 6.65. The lowest BCUT2D eigenvalue weighted by molar-refractivity contribution is -0.131. The highest BCUT2D eigenvalue weighted by molar-refractivity contribution is 9.10. The molecule has 4 heteroatoms. The summed E-state index contributed by atoms with van der Waals surface area (Å²) in [5.41, 5.74) is 0.957. The van der Waals surface area contributed by atoms with Crippen LogP contribution in [-0.4, -0.2) is 15.6 Å². The van der Waals surface area contributed by atoms with Crippen molar-refractivity contribution in [3.63, 3.8) is 0 Å². The number of carboxylic acids is 1. The average molecular weight is 298 g/mol. The minimum absolute atomic E-state index is 0.495. The monoisotopic (exact) mass is 297 g/mol. The summed E-state index contributed by atoms with van der Waals surface area (Å²) in [5, 5.41) is 8.68. The van der Waals surface area contributed by atoms with Crippen LogP contribution in [0.3, 0.4) is 0 Å². The maximum absolute atomic E-state index is 10.6. The van der Waals surface area contributed by atoms with Crippen LogP contribution in [0.2, 0.25) is 0 Å². The molecule has 92 valence electrons. The molecule has 1 aliphatic carbocycles. The van der Waals surface area contributed by atoms with Crippen LogP contribution in [-0.2, 0) is 4.79 Å². The molecule has 0 aromatic carbocycles. The summed E-state index contributed by atoms with van der Waals surface area (Å²) in [5.74, 6) is -0.250. The van der Waals surface area contributed by atoms with E-state index in [2.05, 4.69) is 27.4 Å². The molecule has 17 heavy (non-hydrogen) atoms. The van der Waals surface area contributed by atoms with E-state index in [9.17, 15) is 4.79 Å². The number of aliphatic carboxylic acids is 1. The molecule has 1 saturated carbocycles. The Balaban J connectivity index is 2.30. The Bertz CT molecular complexity index is 450. The van der Waals surface area contributed by atoms with Gasteiger partial charge in [-0.05, 0) is 46.8 Å². The zero-order valence-electron chi connectivity index (χ0n) is 9.77. The highest BCUT2D eigenvalue weighted by Crippen LogP contribution is 2.37. The predicted molar refractivity (Wildman–Crippen MR) is 70.9 cm³/mol. The van der Waals surface area contributed by atoms with Gasteiger partial charge in [0.1, 0.15) is 0 Å². The summed E-state index contributed by atoms with van der Waals surface area (Å²) < 4.78 is 3.20. The maximum Gasteiger partial charge on any atom is 0.328 e. The first-order valence-electron chi connectivity index (χ1n) is 5.86. The molecular formula is C13H16BrNO2. The maximum atomic E-state index is 10.6. The van der Waals surface area contributed by atoms with Crippen molar-refractivity contribution < 1.29 is 9.90 Å². The molecule has 1 aromatic heterocycles. The average Bonchev–Trinajstić information content (AvgIpc) is 2.81. The molecule has 1 fully saturated rings. The lowest BCUT2D eigenvalue weighted by Crippen LogP contribution is -2.11. The molecule has 1 N–H and O–H groups in total. The van der Waals surface area contributed by atoms with Crippen molar-refractivity contribution in [3.05, 3.63) is 28.5 Å². The molecule has 2 unspecified atom stereocenters. The van der Waals surface area contributed by atoms with E-state index < -0.39 is 5.97 Å². The van der Waals surface area contributed by atoms with Gasteiger partial charge in [-0.3, -0.25) is 0 Å². The van der Waals surface area contributed by atoms with Crippen molar-refractivity contribution in [2.24, 2.45) is 5.92 Å². The van der Waals surface area contributed by atoms with Crippen molar-refractivity contribution >= 4 is 28.0 Å². The third-order valence-electron chi connectivity index (χ3n) is 3.42. The summed E-state index contributed by atoms with van der Waals surface area (Å²) in [6.07, 6.45) is 8.59. The van der Waals surface area contributed by atoms with Crippen LogP contribution >= 0.6 is 15.9 Å². The molecule has 2 atom stereocenters. The topological polar surface area (TPSA) is 42.2 Å². The van der Waals surface area contributed by atoms with Crippen LogP contribution in [0.25, 0.3) is 6.08 Å². The zero-order valence-corrected chi connectivity index (χ0v) is 11.4. The number of rotatable bonds is 3. The molecule has 1 aromatic rings. The van der Waals surface area contributed by atoms with Gasteiger partial charge in [-0.15, -0.1) is 0 Å². The van der Waals surface area contributed by atoms with Crippen molar-refractivity contribution in [2.75, 3.05) is 0 Å². The second-order valence-electron chi connectivity index (χ2n) is 4.64. The molecule has 0 saturated heterocycles. The molecule has 3 nitrogen and oxygen atoms in total. The second-order valence-corrected chi connectivity index (χ2v) is 5.55. The Labute approximate surface area is 109 Å². The van der Waals surface area contributed by atoms with Gasteiger partial charge < -0.3 is 9.67 Å². The number of hydrogen-bond donors (Lipinski definition) is 1. The van der Waals surface area contributed by atoms with Crippen LogP contribution < -0.4 is 0 Å². The van der Waals surface area contributed by atoms with Crippen LogP contribution in [0.4, 0.5) is 0 Å². The van der Waals surface area contributed by atoms with E-state index in [1.165, 1.54) is 25.3 Å². The van der Waals surface area contributed by atoms with E-state index in [4.69, 9.17) is 5.11 Å². The summed E-state index contributed by atoms with van der Waals surface area (Å²) >= 11 is 3.45. The van der Waals surface area contributed by atoms with Gasteiger partial charge in [-0.2, -0.15) is 0 Å². The van der Waals surface area contributed by atoms with Crippen molar-refractivity contribution in [2.45, 2.75) is 32.2 Å². The Morgan fingerprint density at radius 2 is 2.35 bits per heavy atom. The zero-order chi connectivity index (χ0) is 12.4. The quantitative estimate of drug-likeness (QED) is 0.864. The first-order chi connectivity index (χ1) is 8.08. The Hall–Kier alpha value is -1.03. The molecule has 0 amide bonds. The lowest BCUT2D eigenvalue weighted by atomic mass is 10.1. The van der Waals surface area contributed by atoms with E-state index in [0.29, 0.717) is 12.0 Å². The number of carbonyl (C=O) groups is 1. The minimum atomic E-state index is -0.909. The molecule has 0 spiro atoms. The normalized spacial score (nSPS) is 24.6. The summed E-state index contributed by atoms with van der Waals surface area (Å²) in [6, 6.07) is 2.46. The molecule has 0 bridgehead atoms. The van der Waals surface area contributed by atoms with Crippen molar-refractivity contribution in [1.29, 1.82) is 0 Å². The third kappa shape index (κ3) is 2.80. The molecule has 0 radical (unpaired) electrons. The van der Waals surface area contributed by atoms with E-state index in [-0.39, 0.29) is 0 Å². The minimum Gasteiger partial charge on any atom is -0.478 e. The van der Waals surface area contributed by atoms with Gasteiger partial charge >= 0.3 is 5.97 Å². The number of halogens is 1. The Kier molecular flexibility index (Phi) is 3.72. The van der Waals surface area contributed by atoms with Gasteiger partial charge in [0.15, 0.2) is 0 Å². The van der Waals surface area contributed by atoms with Gasteiger partial charge in [0, 0.05) is 28.5 Å². The number of aromatic nitrogens is 1. The van der Waals surface area contributed by atoms with Crippen molar-refractivity contribution in [3.8, 4) is 0 Å². The Morgan fingerprint density at radius 3 is 2.94 bits per heavy atom. The van der Waals surface area contributed by atoms with Crippen molar-refractivity contribution in [1.82, 2.24) is 4.57 Å². The third-order valence-corrected chi connectivity index (χ3v) is 3.85. The highest BCUT2D eigenvalue weighted by Gasteiger charge is 2.25. The molecule has 0 aliphatic heterocycles. The van der Waals surface area contributed by atoms with Crippen LogP contribution in [0.1, 0.15) is 37.9 Å². The van der Waals surface area contributed by atoms with Gasteiger partial charge in [-0.25, -0.2) is 4.79 Å². The predicted octanol–water partition coefficient (Wildman–Crippen LogP) is 3.71. The SMILES string of the molecule is CC1CCCC1n1cc(Br)cc1/C=C/C(=O)O. The van der Waals surface area contributed by atoms with Crippen LogP contribution in [0.15, 0.2) is 22.8 Å². The van der Waals surface area contributed by atoms with Crippen LogP contribution in [0, 0.1) is 5.92 Å². The smallest absolute Gasteiger partial charge is 0.328 e. The molecule has 1 aliphatic rings. The summed E-state index contributed by atoms with van der Waals surface area (Å²) in [7, 11) is 0. The summed E-state index contributed by atoms with van der Waals surface area (Å²) in [6.45, 7) is 2.26.